The number of rotatable bonds is 7. The number of carbonyl (C=O) groups excluding carboxylic acids is 2. The van der Waals surface area contributed by atoms with E-state index >= 15 is 0 Å². The maximum Gasteiger partial charge on any atom is 0.304 e. The number of morpholine rings is 1. The highest BCUT2D eigenvalue weighted by atomic mass is 32.2. The highest BCUT2D eigenvalue weighted by Crippen LogP contribution is 2.48. The average molecular weight is 783 g/mol. The minimum absolute atomic E-state index is 0.0351. The number of piperidine rings is 1. The van der Waals surface area contributed by atoms with Gasteiger partial charge in [0, 0.05) is 54.3 Å². The minimum Gasteiger partial charge on any atom is -0.497 e. The molecular formula is C42H50N6O7S. The molecule has 296 valence electrons. The van der Waals surface area contributed by atoms with Crippen molar-refractivity contribution in [3.05, 3.63) is 70.5 Å². The van der Waals surface area contributed by atoms with Crippen molar-refractivity contribution in [2.75, 3.05) is 33.4 Å². The van der Waals surface area contributed by atoms with E-state index in [-0.39, 0.29) is 49.9 Å². The van der Waals surface area contributed by atoms with E-state index in [1.54, 1.807) is 24.1 Å². The fourth-order valence-corrected chi connectivity index (χ4v) is 11.4. The molecule has 0 radical (unpaired) electrons. The van der Waals surface area contributed by atoms with Crippen molar-refractivity contribution >= 4 is 44.6 Å². The Labute approximate surface area is 327 Å². The van der Waals surface area contributed by atoms with Gasteiger partial charge < -0.3 is 24.0 Å². The number of benzene rings is 2. The van der Waals surface area contributed by atoms with Crippen molar-refractivity contribution in [2.24, 2.45) is 7.05 Å². The molecule has 5 aliphatic rings. The van der Waals surface area contributed by atoms with Crippen molar-refractivity contribution in [3.63, 3.8) is 0 Å². The van der Waals surface area contributed by atoms with E-state index in [1.807, 2.05) is 43.1 Å². The normalized spacial score (nSPS) is 24.4. The summed E-state index contributed by atoms with van der Waals surface area (Å²) in [7, 11) is -0.560. The van der Waals surface area contributed by atoms with Crippen LogP contribution in [-0.2, 0) is 28.5 Å². The Kier molecular flexibility index (Phi) is 9.38. The lowest BCUT2D eigenvalue weighted by Gasteiger charge is -2.42. The van der Waals surface area contributed by atoms with E-state index in [0.717, 1.165) is 71.8 Å². The third-order valence-electron chi connectivity index (χ3n) is 12.8. The first-order valence-electron chi connectivity index (χ1n) is 19.9. The second kappa shape index (κ2) is 14.2. The van der Waals surface area contributed by atoms with Crippen LogP contribution in [0.25, 0.3) is 33.8 Å². The van der Waals surface area contributed by atoms with Gasteiger partial charge in [-0.3, -0.25) is 14.3 Å². The maximum atomic E-state index is 14.6. The molecule has 1 saturated carbocycles. The predicted molar refractivity (Wildman–Crippen MR) is 212 cm³/mol. The Morgan fingerprint density at radius 3 is 2.43 bits per heavy atom. The monoisotopic (exact) mass is 782 g/mol. The summed E-state index contributed by atoms with van der Waals surface area (Å²) >= 11 is 0. The summed E-state index contributed by atoms with van der Waals surface area (Å²) in [5.74, 6) is 0.230. The van der Waals surface area contributed by atoms with Gasteiger partial charge in [-0.1, -0.05) is 25.3 Å². The van der Waals surface area contributed by atoms with Crippen LogP contribution in [0.3, 0.4) is 0 Å². The van der Waals surface area contributed by atoms with Crippen molar-refractivity contribution in [2.45, 2.75) is 94.9 Å². The van der Waals surface area contributed by atoms with E-state index in [4.69, 9.17) is 9.47 Å². The summed E-state index contributed by atoms with van der Waals surface area (Å²) in [6, 6.07) is 11.6. The third-order valence-corrected chi connectivity index (χ3v) is 14.2. The van der Waals surface area contributed by atoms with Gasteiger partial charge in [-0.15, -0.1) is 0 Å². The lowest BCUT2D eigenvalue weighted by Crippen LogP contribution is -2.52. The molecule has 2 aromatic heterocycles. The van der Waals surface area contributed by atoms with Gasteiger partial charge in [-0.25, -0.2) is 4.72 Å². The van der Waals surface area contributed by atoms with Crippen molar-refractivity contribution in [3.8, 4) is 17.0 Å². The fourth-order valence-electron chi connectivity index (χ4n) is 10.3. The molecule has 4 fully saturated rings. The second-order valence-electron chi connectivity index (χ2n) is 16.5. The van der Waals surface area contributed by atoms with E-state index in [9.17, 15) is 23.1 Å². The first kappa shape index (κ1) is 37.1. The summed E-state index contributed by atoms with van der Waals surface area (Å²) < 4.78 is 45.2. The number of methoxy groups -OCH3 is 1. The molecule has 2 bridgehead atoms. The molecule has 0 spiro atoms. The van der Waals surface area contributed by atoms with Crippen LogP contribution in [0.15, 0.2) is 42.6 Å². The molecule has 2 amide bonds. The van der Waals surface area contributed by atoms with Crippen LogP contribution in [0.2, 0.25) is 0 Å². The Morgan fingerprint density at radius 1 is 0.982 bits per heavy atom. The van der Waals surface area contributed by atoms with Gasteiger partial charge in [0.15, 0.2) is 0 Å². The number of allylic oxidation sites excluding steroid dienone is 1. The lowest BCUT2D eigenvalue weighted by atomic mass is 9.81. The van der Waals surface area contributed by atoms with Gasteiger partial charge >= 0.3 is 10.2 Å². The van der Waals surface area contributed by atoms with Gasteiger partial charge in [-0.2, -0.15) is 17.8 Å². The molecule has 13 nitrogen and oxygen atoms in total. The molecule has 2 aromatic carbocycles. The minimum atomic E-state index is -4.07. The van der Waals surface area contributed by atoms with Crippen LogP contribution in [0.5, 0.6) is 5.75 Å². The number of ether oxygens (including phenoxy) is 2. The number of carbonyl (C=O) groups is 2. The SMILES string of the molecule is COc1ccc2c(c1)C=C(c1c(C(=O)N3[C@@H]4CC[C@H]3CC(C)(O)C4)cnn1C)Cn1c-2c(C2CCCCC2)c2ccc(C(=O)NS(=O)(=O)N3CCOCC3)cc21. The quantitative estimate of drug-likeness (QED) is 0.251. The van der Waals surface area contributed by atoms with Gasteiger partial charge in [-0.05, 0) is 104 Å². The van der Waals surface area contributed by atoms with Crippen molar-refractivity contribution in [1.82, 2.24) is 28.3 Å². The molecule has 56 heavy (non-hydrogen) atoms. The molecule has 6 heterocycles. The van der Waals surface area contributed by atoms with Gasteiger partial charge in [0.05, 0.1) is 55.6 Å². The molecule has 1 unspecified atom stereocenters. The number of fused-ring (bicyclic) bond motifs is 7. The first-order chi connectivity index (χ1) is 26.9. The zero-order valence-electron chi connectivity index (χ0n) is 32.3. The third kappa shape index (κ3) is 6.44. The molecular weight excluding hydrogens is 733 g/mol. The molecule has 14 heteroatoms. The Morgan fingerprint density at radius 2 is 1.71 bits per heavy atom. The van der Waals surface area contributed by atoms with Crippen LogP contribution in [0, 0.1) is 0 Å². The second-order valence-corrected chi connectivity index (χ2v) is 18.2. The molecule has 4 aromatic rings. The van der Waals surface area contributed by atoms with E-state index in [2.05, 4.69) is 26.5 Å². The Hall–Kier alpha value is -4.50. The molecule has 1 aliphatic carbocycles. The number of hydrogen-bond acceptors (Lipinski definition) is 8. The average Bonchev–Trinajstić information content (AvgIpc) is 3.79. The van der Waals surface area contributed by atoms with E-state index in [1.165, 1.54) is 16.3 Å². The Bertz CT molecular complexity index is 2350. The summed E-state index contributed by atoms with van der Waals surface area (Å²) in [5.41, 5.74) is 6.60. The Balaban J connectivity index is 1.19. The fraction of sp³-hybridized carbons (Fsp3) is 0.500. The largest absolute Gasteiger partial charge is 0.497 e. The molecule has 9 rings (SSSR count). The van der Waals surface area contributed by atoms with Crippen LogP contribution in [0.1, 0.15) is 108 Å². The molecule has 2 N–H and O–H groups in total. The maximum absolute atomic E-state index is 14.6. The highest BCUT2D eigenvalue weighted by Gasteiger charge is 2.48. The van der Waals surface area contributed by atoms with Crippen LogP contribution in [0.4, 0.5) is 0 Å². The topological polar surface area (TPSA) is 148 Å². The van der Waals surface area contributed by atoms with Crippen LogP contribution in [-0.4, -0.2) is 100.0 Å². The van der Waals surface area contributed by atoms with Gasteiger partial charge in [0.25, 0.3) is 11.8 Å². The predicted octanol–water partition coefficient (Wildman–Crippen LogP) is 5.48. The number of nitrogens with one attached hydrogen (secondary N) is 1. The number of nitrogens with zero attached hydrogens (tertiary/aromatic N) is 5. The zero-order chi connectivity index (χ0) is 38.9. The highest BCUT2D eigenvalue weighted by molar-refractivity contribution is 7.87. The van der Waals surface area contributed by atoms with Crippen LogP contribution < -0.4 is 9.46 Å². The molecule has 3 atom stereocenters. The number of amides is 2. The van der Waals surface area contributed by atoms with Crippen molar-refractivity contribution < 1.29 is 32.6 Å². The number of aliphatic hydroxyl groups is 1. The van der Waals surface area contributed by atoms with Gasteiger partial charge in [0.1, 0.15) is 5.75 Å². The van der Waals surface area contributed by atoms with E-state index < -0.39 is 21.7 Å². The van der Waals surface area contributed by atoms with E-state index in [0.29, 0.717) is 42.3 Å². The first-order valence-corrected chi connectivity index (χ1v) is 21.4. The number of aromatic nitrogens is 3. The molecule has 3 saturated heterocycles. The zero-order valence-corrected chi connectivity index (χ0v) is 33.1. The standard InChI is InChI=1S/C42H50N6O7S/c1-42(51)22-30-10-11-31(23-42)48(30)41(50)35-24-43-45(2)38(35)29-19-28-20-32(54-3)12-14-33(28)39-37(26-7-5-4-6-8-26)34-13-9-27(21-36(34)47(39)25-29)40(49)44-56(52,53)46-15-17-55-18-16-46/h9,12-14,19-21,24,26,30-31,51H,4-8,10-11,15-18,22-23,25H2,1-3H3,(H,44,49)/t30-,31+,42?. The van der Waals surface area contributed by atoms with Gasteiger partial charge in [0.2, 0.25) is 0 Å². The smallest absolute Gasteiger partial charge is 0.304 e. The summed E-state index contributed by atoms with van der Waals surface area (Å²) in [5, 5.41) is 16.6. The number of hydrogen-bond donors (Lipinski definition) is 2. The summed E-state index contributed by atoms with van der Waals surface area (Å²) in [6.07, 6.45) is 12.2. The van der Waals surface area contributed by atoms with Crippen LogP contribution >= 0.6 is 0 Å². The number of aryl methyl sites for hydroxylation is 1. The van der Waals surface area contributed by atoms with Crippen molar-refractivity contribution in [1.29, 1.82) is 0 Å². The summed E-state index contributed by atoms with van der Waals surface area (Å²) in [6.45, 7) is 3.14. The lowest BCUT2D eigenvalue weighted by molar-refractivity contribution is -0.0300. The molecule has 4 aliphatic heterocycles. The summed E-state index contributed by atoms with van der Waals surface area (Å²) in [4.78, 5) is 30.4.